The summed E-state index contributed by atoms with van der Waals surface area (Å²) in [5.41, 5.74) is 0. The molecule has 1 saturated heterocycles. The maximum atomic E-state index is 5.73. The molecule has 0 amide bonds. The summed E-state index contributed by atoms with van der Waals surface area (Å²) in [5, 5.41) is 3.49. The zero-order valence-corrected chi connectivity index (χ0v) is 11.7. The third-order valence-electron chi connectivity index (χ3n) is 2.54. The Morgan fingerprint density at radius 2 is 2.24 bits per heavy atom. The van der Waals surface area contributed by atoms with Gasteiger partial charge in [-0.05, 0) is 27.5 Å². The maximum Gasteiger partial charge on any atom is 0.224 e. The second kappa shape index (κ2) is 6.49. The van der Waals surface area contributed by atoms with E-state index in [4.69, 9.17) is 16.3 Å². The quantitative estimate of drug-likeness (QED) is 0.854. The van der Waals surface area contributed by atoms with E-state index < -0.39 is 0 Å². The Hall–Kier alpha value is -0.430. The molecule has 1 aromatic heterocycles. The van der Waals surface area contributed by atoms with Crippen molar-refractivity contribution in [1.82, 2.24) is 14.9 Å². The molecule has 94 valence electrons. The fraction of sp³-hybridized carbons (Fsp3) is 0.600. The molecule has 0 bridgehead atoms. The van der Waals surface area contributed by atoms with Gasteiger partial charge < -0.3 is 10.1 Å². The van der Waals surface area contributed by atoms with Crippen LogP contribution in [0, 0.1) is 0 Å². The second-order valence-corrected chi connectivity index (χ2v) is 4.91. The third kappa shape index (κ3) is 4.06. The van der Waals surface area contributed by atoms with Crippen molar-refractivity contribution in [3.05, 3.63) is 16.0 Å². The molecule has 7 heteroatoms. The van der Waals surface area contributed by atoms with Gasteiger partial charge in [-0.25, -0.2) is 4.98 Å². The molecule has 1 aliphatic heterocycles. The van der Waals surface area contributed by atoms with E-state index in [-0.39, 0.29) is 5.28 Å². The zero-order valence-electron chi connectivity index (χ0n) is 9.33. The van der Waals surface area contributed by atoms with E-state index in [0.29, 0.717) is 0 Å². The molecule has 0 spiro atoms. The Labute approximate surface area is 114 Å². The minimum Gasteiger partial charge on any atom is -0.379 e. The summed E-state index contributed by atoms with van der Waals surface area (Å²) in [6.45, 7) is 5.43. The average molecular weight is 322 g/mol. The highest BCUT2D eigenvalue weighted by molar-refractivity contribution is 9.10. The number of ether oxygens (including phenoxy) is 1. The van der Waals surface area contributed by atoms with E-state index in [9.17, 15) is 0 Å². The van der Waals surface area contributed by atoms with Gasteiger partial charge in [0, 0.05) is 32.4 Å². The van der Waals surface area contributed by atoms with Gasteiger partial charge >= 0.3 is 0 Å². The number of rotatable bonds is 4. The Morgan fingerprint density at radius 1 is 1.47 bits per heavy atom. The minimum atomic E-state index is 0.252. The first kappa shape index (κ1) is 13.0. The van der Waals surface area contributed by atoms with Gasteiger partial charge in [0.25, 0.3) is 0 Å². The predicted octanol–water partition coefficient (Wildman–Crippen LogP) is 1.64. The van der Waals surface area contributed by atoms with Crippen molar-refractivity contribution in [3.8, 4) is 0 Å². The van der Waals surface area contributed by atoms with Crippen LogP contribution in [0.2, 0.25) is 5.28 Å². The molecule has 2 heterocycles. The molecule has 0 atom stereocenters. The standard InChI is InChI=1S/C10H14BrClN4O/c11-8-7-14-10(12)15-9(8)13-1-2-16-3-5-17-6-4-16/h7H,1-6H2,(H,13,14,15). The largest absolute Gasteiger partial charge is 0.379 e. The van der Waals surface area contributed by atoms with Gasteiger partial charge in [-0.15, -0.1) is 0 Å². The molecule has 0 radical (unpaired) electrons. The summed E-state index contributed by atoms with van der Waals surface area (Å²) in [7, 11) is 0. The van der Waals surface area contributed by atoms with E-state index in [2.05, 4.69) is 36.1 Å². The molecule has 0 aliphatic carbocycles. The molecule has 1 fully saturated rings. The van der Waals surface area contributed by atoms with Crippen LogP contribution < -0.4 is 5.32 Å². The highest BCUT2D eigenvalue weighted by Crippen LogP contribution is 2.19. The lowest BCUT2D eigenvalue weighted by Gasteiger charge is -2.26. The highest BCUT2D eigenvalue weighted by atomic mass is 79.9. The van der Waals surface area contributed by atoms with Crippen LogP contribution in [0.1, 0.15) is 0 Å². The lowest BCUT2D eigenvalue weighted by atomic mass is 10.4. The molecule has 17 heavy (non-hydrogen) atoms. The van der Waals surface area contributed by atoms with Crippen molar-refractivity contribution in [2.75, 3.05) is 44.7 Å². The first-order valence-corrected chi connectivity index (χ1v) is 6.65. The Bertz CT molecular complexity index is 373. The normalized spacial score (nSPS) is 17.1. The van der Waals surface area contributed by atoms with Gasteiger partial charge in [0.1, 0.15) is 5.82 Å². The number of halogens is 2. The first-order chi connectivity index (χ1) is 8.25. The topological polar surface area (TPSA) is 50.3 Å². The number of nitrogens with zero attached hydrogens (tertiary/aromatic N) is 3. The van der Waals surface area contributed by atoms with Crippen LogP contribution in [0.5, 0.6) is 0 Å². The SMILES string of the molecule is Clc1ncc(Br)c(NCCN2CCOCC2)n1. The smallest absolute Gasteiger partial charge is 0.224 e. The summed E-state index contributed by atoms with van der Waals surface area (Å²) in [6.07, 6.45) is 1.65. The van der Waals surface area contributed by atoms with E-state index in [1.807, 2.05) is 0 Å². The summed E-state index contributed by atoms with van der Waals surface area (Å²) in [6, 6.07) is 0. The molecule has 5 nitrogen and oxygen atoms in total. The molecular formula is C10H14BrClN4O. The molecule has 0 unspecified atom stereocenters. The number of aromatic nitrogens is 2. The van der Waals surface area contributed by atoms with Gasteiger partial charge in [0.15, 0.2) is 0 Å². The van der Waals surface area contributed by atoms with Crippen molar-refractivity contribution < 1.29 is 4.74 Å². The maximum absolute atomic E-state index is 5.73. The Morgan fingerprint density at radius 3 is 3.00 bits per heavy atom. The van der Waals surface area contributed by atoms with E-state index in [1.165, 1.54) is 0 Å². The third-order valence-corrected chi connectivity index (χ3v) is 3.30. The summed E-state index contributed by atoms with van der Waals surface area (Å²) < 4.78 is 6.11. The zero-order chi connectivity index (χ0) is 12.1. The molecular weight excluding hydrogens is 307 g/mol. The van der Waals surface area contributed by atoms with Gasteiger partial charge in [-0.1, -0.05) is 0 Å². The Balaban J connectivity index is 1.79. The van der Waals surface area contributed by atoms with Gasteiger partial charge in [0.05, 0.1) is 17.7 Å². The second-order valence-electron chi connectivity index (χ2n) is 3.72. The van der Waals surface area contributed by atoms with Crippen molar-refractivity contribution in [1.29, 1.82) is 0 Å². The molecule has 2 rings (SSSR count). The summed E-state index contributed by atoms with van der Waals surface area (Å²) in [4.78, 5) is 10.3. The van der Waals surface area contributed by atoms with Crippen molar-refractivity contribution in [2.24, 2.45) is 0 Å². The fourth-order valence-corrected chi connectivity index (χ4v) is 2.09. The summed E-state index contributed by atoms with van der Waals surface area (Å²) in [5.74, 6) is 0.734. The van der Waals surface area contributed by atoms with Crippen molar-refractivity contribution >= 4 is 33.3 Å². The van der Waals surface area contributed by atoms with Crippen LogP contribution in [0.3, 0.4) is 0 Å². The number of hydrogen-bond acceptors (Lipinski definition) is 5. The van der Waals surface area contributed by atoms with Gasteiger partial charge in [-0.2, -0.15) is 4.98 Å². The lowest BCUT2D eigenvalue weighted by Crippen LogP contribution is -2.39. The van der Waals surface area contributed by atoms with Crippen LogP contribution in [0.15, 0.2) is 10.7 Å². The van der Waals surface area contributed by atoms with Crippen molar-refractivity contribution in [3.63, 3.8) is 0 Å². The van der Waals surface area contributed by atoms with Crippen LogP contribution in [-0.4, -0.2) is 54.3 Å². The molecule has 1 aliphatic rings. The fourth-order valence-electron chi connectivity index (χ4n) is 1.63. The number of nitrogens with one attached hydrogen (secondary N) is 1. The molecule has 0 aromatic carbocycles. The lowest BCUT2D eigenvalue weighted by molar-refractivity contribution is 0.0398. The number of hydrogen-bond donors (Lipinski definition) is 1. The van der Waals surface area contributed by atoms with Crippen LogP contribution in [0.4, 0.5) is 5.82 Å². The van der Waals surface area contributed by atoms with Gasteiger partial charge in [0.2, 0.25) is 5.28 Å². The van der Waals surface area contributed by atoms with E-state index in [0.717, 1.165) is 49.7 Å². The van der Waals surface area contributed by atoms with Crippen LogP contribution in [-0.2, 0) is 4.74 Å². The van der Waals surface area contributed by atoms with E-state index in [1.54, 1.807) is 6.20 Å². The number of morpholine rings is 1. The molecule has 1 aromatic rings. The van der Waals surface area contributed by atoms with Gasteiger partial charge in [-0.3, -0.25) is 4.90 Å². The Kier molecular flexibility index (Phi) is 4.97. The first-order valence-electron chi connectivity index (χ1n) is 5.48. The predicted molar refractivity (Wildman–Crippen MR) is 70.5 cm³/mol. The highest BCUT2D eigenvalue weighted by Gasteiger charge is 2.10. The van der Waals surface area contributed by atoms with Crippen molar-refractivity contribution in [2.45, 2.75) is 0 Å². The summed E-state index contributed by atoms with van der Waals surface area (Å²) >= 11 is 9.11. The molecule has 1 N–H and O–H groups in total. The van der Waals surface area contributed by atoms with E-state index >= 15 is 0 Å². The monoisotopic (exact) mass is 320 g/mol. The minimum absolute atomic E-state index is 0.252. The molecule has 0 saturated carbocycles. The number of anilines is 1. The van der Waals surface area contributed by atoms with Crippen LogP contribution >= 0.6 is 27.5 Å². The van der Waals surface area contributed by atoms with Crippen LogP contribution in [0.25, 0.3) is 0 Å². The average Bonchev–Trinajstić information content (AvgIpc) is 2.35.